The fourth-order valence-electron chi connectivity index (χ4n) is 3.07. The van der Waals surface area contributed by atoms with Gasteiger partial charge in [-0.25, -0.2) is 4.98 Å². The van der Waals surface area contributed by atoms with Crippen molar-refractivity contribution in [1.82, 2.24) is 19.8 Å². The largest absolute Gasteiger partial charge is 0.333 e. The molecule has 0 radical (unpaired) electrons. The lowest BCUT2D eigenvalue weighted by Crippen LogP contribution is -2.45. The Kier molecular flexibility index (Phi) is 6.54. The van der Waals surface area contributed by atoms with E-state index >= 15 is 0 Å². The third-order valence-electron chi connectivity index (χ3n) is 4.18. The third-order valence-corrected chi connectivity index (χ3v) is 4.18. The summed E-state index contributed by atoms with van der Waals surface area (Å²) in [6.45, 7) is 10.1. The topological polar surface area (TPSA) is 33.1 Å². The quantitative estimate of drug-likeness (QED) is 0.742. The Morgan fingerprint density at radius 1 is 1.30 bits per heavy atom. The number of rotatable bonds is 8. The van der Waals surface area contributed by atoms with Gasteiger partial charge in [-0.05, 0) is 38.8 Å². The molecule has 0 saturated carbocycles. The molecule has 20 heavy (non-hydrogen) atoms. The number of imidazole rings is 1. The lowest BCUT2D eigenvalue weighted by molar-refractivity contribution is 0.134. The molecule has 1 N–H and O–H groups in total. The zero-order valence-corrected chi connectivity index (χ0v) is 13.1. The number of aryl methyl sites for hydroxylation is 1. The smallest absolute Gasteiger partial charge is 0.0948 e. The zero-order chi connectivity index (χ0) is 14.2. The number of likely N-dealkylation sites (tertiary alicyclic amines) is 1. The van der Waals surface area contributed by atoms with Gasteiger partial charge < -0.3 is 9.88 Å². The molecule has 0 spiro atoms. The molecular weight excluding hydrogens is 248 g/mol. The van der Waals surface area contributed by atoms with E-state index in [1.165, 1.54) is 44.3 Å². The van der Waals surface area contributed by atoms with E-state index in [4.69, 9.17) is 0 Å². The van der Waals surface area contributed by atoms with Crippen LogP contribution in [0.2, 0.25) is 0 Å². The molecule has 1 unspecified atom stereocenters. The van der Waals surface area contributed by atoms with Crippen LogP contribution in [0.4, 0.5) is 0 Å². The summed E-state index contributed by atoms with van der Waals surface area (Å²) >= 11 is 0. The van der Waals surface area contributed by atoms with Gasteiger partial charge >= 0.3 is 0 Å². The molecule has 1 aliphatic heterocycles. The van der Waals surface area contributed by atoms with Crippen molar-refractivity contribution in [3.8, 4) is 0 Å². The van der Waals surface area contributed by atoms with Gasteiger partial charge in [0.15, 0.2) is 0 Å². The molecule has 4 heteroatoms. The molecule has 1 atom stereocenters. The maximum absolute atomic E-state index is 4.33. The van der Waals surface area contributed by atoms with Crippen LogP contribution in [0.5, 0.6) is 0 Å². The number of aromatic nitrogens is 2. The summed E-state index contributed by atoms with van der Waals surface area (Å²) in [5.41, 5.74) is 1.37. The minimum Gasteiger partial charge on any atom is -0.333 e. The molecule has 0 amide bonds. The molecular formula is C16H30N4. The minimum absolute atomic E-state index is 0.695. The van der Waals surface area contributed by atoms with Gasteiger partial charge in [0.2, 0.25) is 0 Å². The van der Waals surface area contributed by atoms with Gasteiger partial charge in [0.1, 0.15) is 0 Å². The summed E-state index contributed by atoms with van der Waals surface area (Å²) in [6.07, 6.45) is 10.5. The normalized spacial score (nSPS) is 20.4. The molecule has 114 valence electrons. The third kappa shape index (κ3) is 4.32. The minimum atomic E-state index is 0.695. The maximum Gasteiger partial charge on any atom is 0.0948 e. The summed E-state index contributed by atoms with van der Waals surface area (Å²) in [7, 11) is 0. The Morgan fingerprint density at radius 2 is 2.20 bits per heavy atom. The van der Waals surface area contributed by atoms with Crippen LogP contribution in [0.3, 0.4) is 0 Å². The van der Waals surface area contributed by atoms with E-state index in [-0.39, 0.29) is 0 Å². The van der Waals surface area contributed by atoms with Gasteiger partial charge in [0.05, 0.1) is 12.0 Å². The van der Waals surface area contributed by atoms with Crippen molar-refractivity contribution in [1.29, 1.82) is 0 Å². The summed E-state index contributed by atoms with van der Waals surface area (Å²) in [4.78, 5) is 6.98. The second-order valence-electron chi connectivity index (χ2n) is 5.90. The van der Waals surface area contributed by atoms with Crippen molar-refractivity contribution in [3.63, 3.8) is 0 Å². The van der Waals surface area contributed by atoms with Gasteiger partial charge in [0, 0.05) is 31.9 Å². The highest BCUT2D eigenvalue weighted by molar-refractivity contribution is 4.99. The van der Waals surface area contributed by atoms with E-state index in [2.05, 4.69) is 33.6 Å². The molecule has 1 aliphatic rings. The number of nitrogens with one attached hydrogen (secondary N) is 1. The summed E-state index contributed by atoms with van der Waals surface area (Å²) < 4.78 is 2.31. The monoisotopic (exact) mass is 278 g/mol. The highest BCUT2D eigenvalue weighted by Crippen LogP contribution is 2.19. The fourth-order valence-corrected chi connectivity index (χ4v) is 3.07. The van der Waals surface area contributed by atoms with Crippen molar-refractivity contribution < 1.29 is 0 Å². The van der Waals surface area contributed by atoms with E-state index in [9.17, 15) is 0 Å². The molecule has 1 fully saturated rings. The zero-order valence-electron chi connectivity index (χ0n) is 13.1. The van der Waals surface area contributed by atoms with Crippen LogP contribution in [0.15, 0.2) is 12.5 Å². The summed E-state index contributed by atoms with van der Waals surface area (Å²) in [5, 5.41) is 3.59. The molecule has 4 nitrogen and oxygen atoms in total. The highest BCUT2D eigenvalue weighted by atomic mass is 15.2. The van der Waals surface area contributed by atoms with Crippen molar-refractivity contribution >= 4 is 0 Å². The number of hydrogen-bond donors (Lipinski definition) is 1. The van der Waals surface area contributed by atoms with Crippen molar-refractivity contribution in [3.05, 3.63) is 18.2 Å². The Balaban J connectivity index is 1.92. The van der Waals surface area contributed by atoms with Crippen molar-refractivity contribution in [2.24, 2.45) is 0 Å². The molecule has 2 rings (SSSR count). The van der Waals surface area contributed by atoms with Crippen LogP contribution in [-0.2, 0) is 13.1 Å². The first-order valence-corrected chi connectivity index (χ1v) is 8.29. The fraction of sp³-hybridized carbons (Fsp3) is 0.812. The average molecular weight is 278 g/mol. The lowest BCUT2D eigenvalue weighted by atomic mass is 10.0. The second kappa shape index (κ2) is 8.42. The van der Waals surface area contributed by atoms with Gasteiger partial charge in [-0.3, -0.25) is 4.90 Å². The predicted molar refractivity (Wildman–Crippen MR) is 83.7 cm³/mol. The van der Waals surface area contributed by atoms with E-state index in [0.29, 0.717) is 6.04 Å². The predicted octanol–water partition coefficient (Wildman–Crippen LogP) is 2.65. The SMILES string of the molecule is CCCNCC1CCCCN1Cc1cncn1CCC. The molecule has 0 aliphatic carbocycles. The van der Waals surface area contributed by atoms with Crippen LogP contribution in [0, 0.1) is 0 Å². The summed E-state index contributed by atoms with van der Waals surface area (Å²) in [6, 6.07) is 0.695. The lowest BCUT2D eigenvalue weighted by Gasteiger charge is -2.36. The Labute approximate surface area is 123 Å². The Morgan fingerprint density at radius 3 is 3.00 bits per heavy atom. The second-order valence-corrected chi connectivity index (χ2v) is 5.90. The molecule has 0 bridgehead atoms. The number of nitrogens with zero attached hydrogens (tertiary/aromatic N) is 3. The molecule has 0 aromatic carbocycles. The van der Waals surface area contributed by atoms with E-state index in [0.717, 1.165) is 26.2 Å². The van der Waals surface area contributed by atoms with Crippen molar-refractivity contribution in [2.75, 3.05) is 19.6 Å². The highest BCUT2D eigenvalue weighted by Gasteiger charge is 2.22. The first kappa shape index (κ1) is 15.5. The molecule has 1 aromatic heterocycles. The summed E-state index contributed by atoms with van der Waals surface area (Å²) in [5.74, 6) is 0. The maximum atomic E-state index is 4.33. The molecule has 1 aromatic rings. The average Bonchev–Trinajstić information content (AvgIpc) is 2.89. The van der Waals surface area contributed by atoms with Crippen molar-refractivity contribution in [2.45, 2.75) is 65.1 Å². The molecule has 1 saturated heterocycles. The Hall–Kier alpha value is -0.870. The molecule has 2 heterocycles. The van der Waals surface area contributed by atoms with Crippen LogP contribution in [0.25, 0.3) is 0 Å². The van der Waals surface area contributed by atoms with E-state index in [1.54, 1.807) is 0 Å². The Bertz CT molecular complexity index is 374. The van der Waals surface area contributed by atoms with Crippen LogP contribution < -0.4 is 5.32 Å². The van der Waals surface area contributed by atoms with Crippen LogP contribution >= 0.6 is 0 Å². The van der Waals surface area contributed by atoms with Gasteiger partial charge in [-0.15, -0.1) is 0 Å². The van der Waals surface area contributed by atoms with Crippen LogP contribution in [0.1, 0.15) is 51.6 Å². The van der Waals surface area contributed by atoms with E-state index in [1.807, 2.05) is 12.5 Å². The van der Waals surface area contributed by atoms with Gasteiger partial charge in [-0.2, -0.15) is 0 Å². The standard InChI is InChI=1S/C16H30N4/c1-3-8-17-11-15-7-5-6-10-19(15)13-16-12-18-14-20(16)9-4-2/h12,14-15,17H,3-11,13H2,1-2H3. The van der Waals surface area contributed by atoms with E-state index < -0.39 is 0 Å². The first-order chi connectivity index (χ1) is 9.85. The van der Waals surface area contributed by atoms with Gasteiger partial charge in [0.25, 0.3) is 0 Å². The number of hydrogen-bond acceptors (Lipinski definition) is 3. The van der Waals surface area contributed by atoms with Gasteiger partial charge in [-0.1, -0.05) is 20.3 Å². The first-order valence-electron chi connectivity index (χ1n) is 8.29. The van der Waals surface area contributed by atoms with Crippen LogP contribution in [-0.4, -0.2) is 40.1 Å². The number of piperidine rings is 1.